The molecule has 1 aromatic rings. The molecule has 0 spiro atoms. The van der Waals surface area contributed by atoms with Crippen molar-refractivity contribution in [2.45, 2.75) is 32.2 Å². The molecule has 0 aliphatic heterocycles. The highest BCUT2D eigenvalue weighted by atomic mass is 32.2. The number of sulfone groups is 1. The van der Waals surface area contributed by atoms with E-state index in [2.05, 4.69) is 22.9 Å². The Morgan fingerprint density at radius 1 is 1.40 bits per heavy atom. The van der Waals surface area contributed by atoms with Crippen LogP contribution in [0.25, 0.3) is 0 Å². The van der Waals surface area contributed by atoms with E-state index in [9.17, 15) is 13.2 Å². The van der Waals surface area contributed by atoms with E-state index in [4.69, 9.17) is 0 Å². The molecule has 0 saturated carbocycles. The lowest BCUT2D eigenvalue weighted by Gasteiger charge is -2.16. The Morgan fingerprint density at radius 3 is 2.65 bits per heavy atom. The minimum atomic E-state index is -2.98. The van der Waals surface area contributed by atoms with E-state index >= 15 is 0 Å². The molecule has 0 aromatic carbocycles. The second-order valence-electron chi connectivity index (χ2n) is 5.13. The van der Waals surface area contributed by atoms with Gasteiger partial charge in [-0.15, -0.1) is 0 Å². The molecule has 2 N–H and O–H groups in total. The number of thiophene rings is 1. The molecule has 2 amide bonds. The number of nitrogens with one attached hydrogen (secondary N) is 2. The Hall–Kier alpha value is -1.08. The van der Waals surface area contributed by atoms with Gasteiger partial charge in [-0.25, -0.2) is 13.2 Å². The number of carbonyl (C=O) groups is 1. The smallest absolute Gasteiger partial charge is 0.315 e. The molecule has 7 heteroatoms. The van der Waals surface area contributed by atoms with Gasteiger partial charge in [0.05, 0.1) is 5.75 Å². The van der Waals surface area contributed by atoms with E-state index in [-0.39, 0.29) is 23.7 Å². The van der Waals surface area contributed by atoms with E-state index in [0.717, 1.165) is 0 Å². The first-order chi connectivity index (χ1) is 9.28. The third kappa shape index (κ3) is 6.91. The molecule has 2 atom stereocenters. The molecular formula is C13H22N2O3S2. The Kier molecular flexibility index (Phi) is 6.48. The fourth-order valence-corrected chi connectivity index (χ4v) is 3.22. The minimum Gasteiger partial charge on any atom is -0.338 e. The summed E-state index contributed by atoms with van der Waals surface area (Å²) in [7, 11) is -2.98. The van der Waals surface area contributed by atoms with Crippen molar-refractivity contribution < 1.29 is 13.2 Å². The summed E-state index contributed by atoms with van der Waals surface area (Å²) in [5.41, 5.74) is 1.21. The first-order valence-electron chi connectivity index (χ1n) is 6.52. The summed E-state index contributed by atoms with van der Waals surface area (Å²) in [5, 5.41) is 9.63. The van der Waals surface area contributed by atoms with Crippen LogP contribution in [-0.2, 0) is 9.84 Å². The number of hydrogen-bond acceptors (Lipinski definition) is 4. The highest BCUT2D eigenvalue weighted by molar-refractivity contribution is 7.90. The molecule has 0 aliphatic rings. The molecule has 0 fully saturated rings. The quantitative estimate of drug-likeness (QED) is 0.807. The maximum atomic E-state index is 11.7. The molecule has 1 aromatic heterocycles. The predicted molar refractivity (Wildman–Crippen MR) is 83.1 cm³/mol. The van der Waals surface area contributed by atoms with Gasteiger partial charge in [0, 0.05) is 18.8 Å². The Balaban J connectivity index is 2.26. The van der Waals surface area contributed by atoms with Crippen LogP contribution in [0.1, 0.15) is 31.7 Å². The molecule has 0 aliphatic carbocycles. The lowest BCUT2D eigenvalue weighted by Crippen LogP contribution is -2.42. The van der Waals surface area contributed by atoms with Crippen LogP contribution in [0.15, 0.2) is 16.8 Å². The van der Waals surface area contributed by atoms with E-state index in [1.165, 1.54) is 11.8 Å². The fourth-order valence-electron chi connectivity index (χ4n) is 1.66. The maximum absolute atomic E-state index is 11.7. The molecule has 20 heavy (non-hydrogen) atoms. The second-order valence-corrected chi connectivity index (χ2v) is 8.17. The summed E-state index contributed by atoms with van der Waals surface area (Å²) in [6.07, 6.45) is 1.62. The average Bonchev–Trinajstić information content (AvgIpc) is 2.86. The van der Waals surface area contributed by atoms with E-state index < -0.39 is 9.84 Å². The Morgan fingerprint density at radius 2 is 2.10 bits per heavy atom. The monoisotopic (exact) mass is 318 g/mol. The van der Waals surface area contributed by atoms with Crippen LogP contribution >= 0.6 is 11.3 Å². The van der Waals surface area contributed by atoms with Gasteiger partial charge in [0.25, 0.3) is 0 Å². The molecule has 1 heterocycles. The van der Waals surface area contributed by atoms with Gasteiger partial charge in [0.15, 0.2) is 0 Å². The summed E-state index contributed by atoms with van der Waals surface area (Å²) in [5.74, 6) is 0.345. The van der Waals surface area contributed by atoms with E-state index in [0.29, 0.717) is 13.0 Å². The van der Waals surface area contributed by atoms with Crippen LogP contribution in [0.5, 0.6) is 0 Å². The molecule has 114 valence electrons. The van der Waals surface area contributed by atoms with E-state index in [1.54, 1.807) is 18.3 Å². The van der Waals surface area contributed by atoms with Gasteiger partial charge in [-0.05, 0) is 41.7 Å². The van der Waals surface area contributed by atoms with Gasteiger partial charge in [-0.1, -0.05) is 6.92 Å². The number of amides is 2. The van der Waals surface area contributed by atoms with Gasteiger partial charge < -0.3 is 10.6 Å². The van der Waals surface area contributed by atoms with Crippen molar-refractivity contribution in [3.63, 3.8) is 0 Å². The molecule has 5 nitrogen and oxygen atoms in total. The Bertz CT molecular complexity index is 512. The largest absolute Gasteiger partial charge is 0.338 e. The van der Waals surface area contributed by atoms with Crippen molar-refractivity contribution in [3.05, 3.63) is 22.4 Å². The van der Waals surface area contributed by atoms with Crippen molar-refractivity contribution in [3.8, 4) is 0 Å². The molecule has 0 saturated heterocycles. The lowest BCUT2D eigenvalue weighted by molar-refractivity contribution is 0.237. The third-order valence-electron chi connectivity index (χ3n) is 2.98. The third-order valence-corrected chi connectivity index (χ3v) is 4.66. The number of urea groups is 1. The van der Waals surface area contributed by atoms with Gasteiger partial charge in [-0.3, -0.25) is 0 Å². The zero-order valence-corrected chi connectivity index (χ0v) is 13.7. The summed E-state index contributed by atoms with van der Waals surface area (Å²) in [6, 6.07) is 1.62. The highest BCUT2D eigenvalue weighted by Gasteiger charge is 2.12. The van der Waals surface area contributed by atoms with Crippen molar-refractivity contribution in [1.82, 2.24) is 10.6 Å². The molecule has 0 bridgehead atoms. The minimum absolute atomic E-state index is 0.0831. The first kappa shape index (κ1) is 17.0. The number of rotatable bonds is 7. The van der Waals surface area contributed by atoms with Crippen molar-refractivity contribution in [2.75, 3.05) is 18.6 Å². The van der Waals surface area contributed by atoms with Crippen molar-refractivity contribution in [1.29, 1.82) is 0 Å². The molecular weight excluding hydrogens is 296 g/mol. The van der Waals surface area contributed by atoms with Crippen LogP contribution in [0.3, 0.4) is 0 Å². The fraction of sp³-hybridized carbons (Fsp3) is 0.615. The summed E-state index contributed by atoms with van der Waals surface area (Å²) >= 11 is 1.64. The predicted octanol–water partition coefficient (Wildman–Crippen LogP) is 1.97. The van der Waals surface area contributed by atoms with Crippen LogP contribution in [0.4, 0.5) is 4.79 Å². The second kappa shape index (κ2) is 7.64. The van der Waals surface area contributed by atoms with Gasteiger partial charge >= 0.3 is 6.03 Å². The zero-order chi connectivity index (χ0) is 15.2. The van der Waals surface area contributed by atoms with Crippen molar-refractivity contribution >= 4 is 27.2 Å². The summed E-state index contributed by atoms with van der Waals surface area (Å²) < 4.78 is 22.1. The first-order valence-corrected chi connectivity index (χ1v) is 9.52. The van der Waals surface area contributed by atoms with Crippen LogP contribution in [-0.4, -0.2) is 39.0 Å². The van der Waals surface area contributed by atoms with Crippen LogP contribution < -0.4 is 10.6 Å². The number of hydrogen-bond donors (Lipinski definition) is 2. The SMILES string of the molecule is C[C@H](CNC(=O)N[C@@H](C)CCS(C)(=O)=O)c1ccsc1. The lowest BCUT2D eigenvalue weighted by atomic mass is 10.1. The zero-order valence-electron chi connectivity index (χ0n) is 12.0. The standard InChI is InChI=1S/C13H22N2O3S2/c1-10(12-4-6-19-9-12)8-14-13(16)15-11(2)5-7-20(3,17)18/h4,6,9-11H,5,7-8H2,1-3H3,(H2,14,15,16)/t10-,11+/m1/s1. The topological polar surface area (TPSA) is 75.3 Å². The average molecular weight is 318 g/mol. The molecule has 0 radical (unpaired) electrons. The van der Waals surface area contributed by atoms with Gasteiger partial charge in [0.2, 0.25) is 0 Å². The summed E-state index contributed by atoms with van der Waals surface area (Å²) in [4.78, 5) is 11.7. The Labute approximate surface area is 124 Å². The highest BCUT2D eigenvalue weighted by Crippen LogP contribution is 2.16. The summed E-state index contributed by atoms with van der Waals surface area (Å²) in [6.45, 7) is 4.41. The molecule has 1 rings (SSSR count). The normalized spacial score (nSPS) is 14.6. The van der Waals surface area contributed by atoms with E-state index in [1.807, 2.05) is 11.4 Å². The number of carbonyl (C=O) groups excluding carboxylic acids is 1. The maximum Gasteiger partial charge on any atom is 0.315 e. The van der Waals surface area contributed by atoms with Gasteiger partial charge in [0.1, 0.15) is 9.84 Å². The van der Waals surface area contributed by atoms with Crippen LogP contribution in [0.2, 0.25) is 0 Å². The van der Waals surface area contributed by atoms with Gasteiger partial charge in [-0.2, -0.15) is 11.3 Å². The van der Waals surface area contributed by atoms with Crippen LogP contribution in [0, 0.1) is 0 Å². The van der Waals surface area contributed by atoms with Crippen molar-refractivity contribution in [2.24, 2.45) is 0 Å². The molecule has 0 unspecified atom stereocenters.